The maximum atomic E-state index is 12.7. The number of likely N-dealkylation sites (N-methyl/N-ethyl adjacent to an activating group) is 2. The fourth-order valence-electron chi connectivity index (χ4n) is 5.88. The zero-order valence-corrected chi connectivity index (χ0v) is 34.5. The minimum Gasteiger partial charge on any atom is -0.508 e. The molecule has 5 N–H and O–H groups in total. The van der Waals surface area contributed by atoms with Gasteiger partial charge in [-0.15, -0.1) is 0 Å². The monoisotopic (exact) mass is 904 g/mol. The fraction of sp³-hybridized carbons (Fsp3) is 0.318. The third-order valence-electron chi connectivity index (χ3n) is 9.14. The number of rotatable bonds is 9. The van der Waals surface area contributed by atoms with Crippen molar-refractivity contribution in [3.05, 3.63) is 113 Å². The normalized spacial score (nSPS) is 13.6. The van der Waals surface area contributed by atoms with Gasteiger partial charge in [0.25, 0.3) is 0 Å². The number of carbonyl (C=O) groups excluding carboxylic acids is 2. The number of aliphatic imine (C=N–C) groups is 1. The number of phenols is 2. The van der Waals surface area contributed by atoms with Crippen LogP contribution in [-0.2, 0) is 0 Å². The second-order valence-corrected chi connectivity index (χ2v) is 14.9. The topological polar surface area (TPSA) is 151 Å². The van der Waals surface area contributed by atoms with Crippen LogP contribution in [0.2, 0.25) is 0 Å². The maximum Gasteiger partial charge on any atom is 0.206 e. The van der Waals surface area contributed by atoms with Crippen molar-refractivity contribution >= 4 is 89.9 Å². The summed E-state index contributed by atoms with van der Waals surface area (Å²) in [5.41, 5.74) is 11.1. The molecule has 0 spiro atoms. The lowest BCUT2D eigenvalue weighted by atomic mass is 10.1. The van der Waals surface area contributed by atoms with Crippen LogP contribution in [0.4, 0.5) is 33.7 Å². The van der Waals surface area contributed by atoms with Crippen molar-refractivity contribution in [2.45, 2.75) is 22.3 Å². The lowest BCUT2D eigenvalue weighted by molar-refractivity contribution is 0.102. The highest BCUT2D eigenvalue weighted by atomic mass is 79.9. The van der Waals surface area contributed by atoms with Crippen LogP contribution < -0.4 is 20.9 Å². The lowest BCUT2D eigenvalue weighted by Crippen LogP contribution is -2.44. The molecule has 1 aromatic heterocycles. The molecule has 12 nitrogen and oxygen atoms in total. The van der Waals surface area contributed by atoms with Gasteiger partial charge in [0.05, 0.1) is 16.2 Å². The molecule has 0 atom stereocenters. The SMILES string of the molecule is C.C.C.CN1CCN(c2ccc(N=C=S)cc2)CC1.CN1CCN(c2ccc(Nc3nc(N)c(C(=O)c4cccc(O)c4)s3)cc2)CC1.O=C(CBr)c1cccc(O)c1. The zero-order valence-electron chi connectivity index (χ0n) is 31.3. The van der Waals surface area contributed by atoms with Crippen molar-refractivity contribution in [1.82, 2.24) is 14.8 Å². The van der Waals surface area contributed by atoms with E-state index in [0.717, 1.165) is 63.7 Å². The first-order chi connectivity index (χ1) is 27.0. The van der Waals surface area contributed by atoms with Crippen LogP contribution in [0.1, 0.15) is 47.9 Å². The standard InChI is InChI=1S/C21H23N5O2S.C12H15N3S.C8H7BrO2.3CH4/c1-25-9-11-26(12-10-25)16-7-5-15(6-8-16)23-21-24-20(22)19(29-21)18(28)14-3-2-4-17(27)13-14;1-14-6-8-15(9-7-14)12-4-2-11(3-5-12)13-10-16;9-5-8(11)6-2-1-3-7(10)4-6;;;/h2-8,13,27H,9-12,22H2,1H3,(H,23,24);2-5H,6-9H2,1H3;1-4,10H,5H2;3*1H4. The molecule has 5 aromatic rings. The number of benzene rings is 4. The molecule has 0 aliphatic carbocycles. The predicted octanol–water partition coefficient (Wildman–Crippen LogP) is 9.21. The van der Waals surface area contributed by atoms with Crippen LogP contribution in [0.25, 0.3) is 0 Å². The summed E-state index contributed by atoms with van der Waals surface area (Å²) in [5.74, 6) is 0.0599. The van der Waals surface area contributed by atoms with Gasteiger partial charge in [0, 0.05) is 80.5 Å². The molecule has 59 heavy (non-hydrogen) atoms. The number of nitrogens with one attached hydrogen (secondary N) is 1. The Bertz CT molecular complexity index is 2110. The molecule has 0 saturated carbocycles. The van der Waals surface area contributed by atoms with Gasteiger partial charge in [-0.2, -0.15) is 4.99 Å². The van der Waals surface area contributed by atoms with E-state index >= 15 is 0 Å². The predicted molar refractivity (Wildman–Crippen MR) is 255 cm³/mol. The van der Waals surface area contributed by atoms with E-state index in [9.17, 15) is 14.7 Å². The number of hydrogen-bond donors (Lipinski definition) is 4. The number of nitrogens with two attached hydrogens (primary N) is 1. The Morgan fingerprint density at radius 3 is 1.73 bits per heavy atom. The number of thiocarbonyl (C=S) groups is 1. The van der Waals surface area contributed by atoms with Crippen LogP contribution in [-0.4, -0.2) is 114 Å². The Hall–Kier alpha value is -5.15. The number of carbonyl (C=O) groups is 2. The summed E-state index contributed by atoms with van der Waals surface area (Å²) in [7, 11) is 4.30. The van der Waals surface area contributed by atoms with Crippen molar-refractivity contribution in [1.29, 1.82) is 0 Å². The number of thiazole rings is 1. The molecule has 0 unspecified atom stereocenters. The summed E-state index contributed by atoms with van der Waals surface area (Å²) >= 11 is 8.82. The molecule has 2 aliphatic rings. The highest BCUT2D eigenvalue weighted by Crippen LogP contribution is 2.31. The third kappa shape index (κ3) is 14.9. The number of ketones is 2. The van der Waals surface area contributed by atoms with Crippen molar-refractivity contribution in [3.8, 4) is 11.5 Å². The van der Waals surface area contributed by atoms with E-state index in [0.29, 0.717) is 21.1 Å². The minimum absolute atomic E-state index is 0. The summed E-state index contributed by atoms with van der Waals surface area (Å²) in [6.07, 6.45) is 0. The maximum absolute atomic E-state index is 12.7. The largest absolute Gasteiger partial charge is 0.508 e. The molecule has 0 bridgehead atoms. The first-order valence-electron chi connectivity index (χ1n) is 17.9. The summed E-state index contributed by atoms with van der Waals surface area (Å²) in [6, 6.07) is 28.8. The number of alkyl halides is 1. The molecule has 4 aromatic carbocycles. The average Bonchev–Trinajstić information content (AvgIpc) is 3.58. The Labute approximate surface area is 367 Å². The first kappa shape index (κ1) is 50.0. The van der Waals surface area contributed by atoms with Crippen molar-refractivity contribution in [2.24, 2.45) is 4.99 Å². The number of piperazine rings is 2. The number of anilines is 5. The van der Waals surface area contributed by atoms with E-state index in [-0.39, 0.29) is 56.5 Å². The Morgan fingerprint density at radius 1 is 0.780 bits per heavy atom. The average molecular weight is 906 g/mol. The van der Waals surface area contributed by atoms with Gasteiger partial charge in [0.2, 0.25) is 5.78 Å². The summed E-state index contributed by atoms with van der Waals surface area (Å²) in [4.78, 5) is 41.7. The fourth-order valence-corrected chi connectivity index (χ4v) is 7.18. The van der Waals surface area contributed by atoms with Gasteiger partial charge in [-0.1, -0.05) is 73.8 Å². The van der Waals surface area contributed by atoms with Crippen molar-refractivity contribution in [3.63, 3.8) is 0 Å². The molecule has 2 aliphatic heterocycles. The number of nitrogens with zero attached hydrogens (tertiary/aromatic N) is 6. The van der Waals surface area contributed by atoms with Gasteiger partial charge in [-0.05, 0) is 99.1 Å². The molecule has 3 heterocycles. The van der Waals surface area contributed by atoms with E-state index in [2.05, 4.69) is 107 Å². The molecule has 7 rings (SSSR count). The second kappa shape index (κ2) is 24.7. The quantitative estimate of drug-likeness (QED) is 0.0483. The lowest BCUT2D eigenvalue weighted by Gasteiger charge is -2.34. The number of halogens is 1. The van der Waals surface area contributed by atoms with Crippen LogP contribution >= 0.6 is 39.5 Å². The zero-order chi connectivity index (χ0) is 40.0. The highest BCUT2D eigenvalue weighted by molar-refractivity contribution is 9.09. The van der Waals surface area contributed by atoms with Gasteiger partial charge < -0.3 is 40.9 Å². The molecule has 2 fully saturated rings. The highest BCUT2D eigenvalue weighted by Gasteiger charge is 2.19. The minimum atomic E-state index is -0.255. The summed E-state index contributed by atoms with van der Waals surface area (Å²) < 4.78 is 0. The Balaban J connectivity index is 0.000000338. The van der Waals surface area contributed by atoms with E-state index in [1.807, 2.05) is 24.3 Å². The van der Waals surface area contributed by atoms with Crippen molar-refractivity contribution < 1.29 is 19.8 Å². The number of hydrogen-bond acceptors (Lipinski definition) is 14. The van der Waals surface area contributed by atoms with Gasteiger partial charge in [-0.25, -0.2) is 4.98 Å². The number of nitrogen functional groups attached to an aromatic ring is 1. The molecule has 0 amide bonds. The van der Waals surface area contributed by atoms with Gasteiger partial charge in [-0.3, -0.25) is 9.59 Å². The number of aromatic nitrogens is 1. The van der Waals surface area contributed by atoms with E-state index < -0.39 is 0 Å². The number of Topliss-reactive ketones (excluding diaryl/α,β-unsaturated/α-hetero) is 1. The van der Waals surface area contributed by atoms with E-state index in [1.165, 1.54) is 47.0 Å². The van der Waals surface area contributed by atoms with Crippen LogP contribution in [0.3, 0.4) is 0 Å². The number of aromatic hydroxyl groups is 2. The second-order valence-electron chi connectivity index (χ2n) is 13.2. The summed E-state index contributed by atoms with van der Waals surface area (Å²) in [6.45, 7) is 8.60. The molecule has 0 radical (unpaired) electrons. The van der Waals surface area contributed by atoms with Crippen LogP contribution in [0.5, 0.6) is 11.5 Å². The Morgan fingerprint density at radius 2 is 1.25 bits per heavy atom. The number of phenolic OH excluding ortho intramolecular Hbond substituents is 2. The van der Waals surface area contributed by atoms with Crippen molar-refractivity contribution in [2.75, 3.05) is 92.6 Å². The molecular formula is C44H57BrN8O4S2. The van der Waals surface area contributed by atoms with Crippen LogP contribution in [0.15, 0.2) is 102 Å². The molecule has 15 heteroatoms. The molecule has 316 valence electrons. The van der Waals surface area contributed by atoms with E-state index in [1.54, 1.807) is 24.3 Å². The summed E-state index contributed by atoms with van der Waals surface area (Å²) in [5, 5.41) is 25.0. The smallest absolute Gasteiger partial charge is 0.206 e. The molecular weight excluding hydrogens is 849 g/mol. The molecule has 2 saturated heterocycles. The first-order valence-corrected chi connectivity index (χ1v) is 20.3. The van der Waals surface area contributed by atoms with Crippen LogP contribution in [0, 0.1) is 0 Å². The number of isothiocyanates is 1. The van der Waals surface area contributed by atoms with Gasteiger partial charge >= 0.3 is 0 Å². The third-order valence-corrected chi connectivity index (χ3v) is 10.7. The van der Waals surface area contributed by atoms with E-state index in [4.69, 9.17) is 10.8 Å². The van der Waals surface area contributed by atoms with Gasteiger partial charge in [0.1, 0.15) is 22.2 Å². The van der Waals surface area contributed by atoms with Gasteiger partial charge in [0.15, 0.2) is 10.9 Å². The Kier molecular flexibility index (Phi) is 20.9.